The lowest BCUT2D eigenvalue weighted by Crippen LogP contribution is -2.51. The second-order valence-corrected chi connectivity index (χ2v) is 6.03. The number of benzene rings is 1. The molecule has 1 saturated carbocycles. The van der Waals surface area contributed by atoms with E-state index in [1.54, 1.807) is 5.56 Å². The molecular formula is C16H24N2. The molecule has 0 spiro atoms. The van der Waals surface area contributed by atoms with Crippen LogP contribution in [0.4, 0.5) is 0 Å². The van der Waals surface area contributed by atoms with E-state index in [4.69, 9.17) is 0 Å². The largest absolute Gasteiger partial charge is 0.314 e. The highest BCUT2D eigenvalue weighted by Gasteiger charge is 2.40. The van der Waals surface area contributed by atoms with Gasteiger partial charge < -0.3 is 5.32 Å². The molecule has 1 heterocycles. The van der Waals surface area contributed by atoms with Crippen molar-refractivity contribution in [2.75, 3.05) is 32.7 Å². The Kier molecular flexibility index (Phi) is 3.40. The zero-order valence-corrected chi connectivity index (χ0v) is 11.4. The Balaban J connectivity index is 1.77. The smallest absolute Gasteiger partial charge is 0.0108 e. The molecule has 98 valence electrons. The molecule has 2 fully saturated rings. The molecule has 3 rings (SSSR count). The summed E-state index contributed by atoms with van der Waals surface area (Å²) in [5.41, 5.74) is 3.44. The summed E-state index contributed by atoms with van der Waals surface area (Å²) in [6.07, 6.45) is 4.15. The second kappa shape index (κ2) is 5.02. The Morgan fingerprint density at radius 2 is 2.00 bits per heavy atom. The Morgan fingerprint density at radius 1 is 1.22 bits per heavy atom. The van der Waals surface area contributed by atoms with Crippen LogP contribution in [0.25, 0.3) is 0 Å². The first kappa shape index (κ1) is 12.2. The molecule has 1 aromatic carbocycles. The molecule has 2 aliphatic rings. The standard InChI is InChI=1S/C16H24N2/c1-14-4-2-5-15(12-14)16(6-3-7-16)13-18-10-8-17-9-11-18/h2,4-5,12,17H,3,6-11,13H2,1H3. The molecule has 18 heavy (non-hydrogen) atoms. The van der Waals surface area contributed by atoms with Gasteiger partial charge in [0.15, 0.2) is 0 Å². The highest BCUT2D eigenvalue weighted by molar-refractivity contribution is 5.32. The van der Waals surface area contributed by atoms with Crippen molar-refractivity contribution in [3.05, 3.63) is 35.4 Å². The maximum absolute atomic E-state index is 3.44. The number of aryl methyl sites for hydroxylation is 1. The van der Waals surface area contributed by atoms with Crippen molar-refractivity contribution in [2.45, 2.75) is 31.6 Å². The van der Waals surface area contributed by atoms with Gasteiger partial charge >= 0.3 is 0 Å². The number of piperazine rings is 1. The van der Waals surface area contributed by atoms with Crippen molar-refractivity contribution in [3.63, 3.8) is 0 Å². The first-order valence-electron chi connectivity index (χ1n) is 7.29. The van der Waals surface area contributed by atoms with Gasteiger partial charge in [0.1, 0.15) is 0 Å². The third-order valence-corrected chi connectivity index (χ3v) is 4.68. The van der Waals surface area contributed by atoms with E-state index in [-0.39, 0.29) is 0 Å². The predicted octanol–water partition coefficient (Wildman–Crippen LogP) is 2.32. The highest BCUT2D eigenvalue weighted by Crippen LogP contribution is 2.44. The summed E-state index contributed by atoms with van der Waals surface area (Å²) in [7, 11) is 0. The number of rotatable bonds is 3. The Labute approximate surface area is 110 Å². The summed E-state index contributed by atoms with van der Waals surface area (Å²) in [6, 6.07) is 9.18. The van der Waals surface area contributed by atoms with Gasteiger partial charge in [-0.15, -0.1) is 0 Å². The van der Waals surface area contributed by atoms with Gasteiger partial charge in [-0.2, -0.15) is 0 Å². The van der Waals surface area contributed by atoms with Gasteiger partial charge in [0.2, 0.25) is 0 Å². The fraction of sp³-hybridized carbons (Fsp3) is 0.625. The van der Waals surface area contributed by atoms with Gasteiger partial charge in [-0.25, -0.2) is 0 Å². The molecular weight excluding hydrogens is 220 g/mol. The summed E-state index contributed by atoms with van der Waals surface area (Å²) < 4.78 is 0. The van der Waals surface area contributed by atoms with Gasteiger partial charge in [-0.05, 0) is 25.3 Å². The first-order valence-corrected chi connectivity index (χ1v) is 7.29. The third kappa shape index (κ3) is 2.32. The maximum atomic E-state index is 3.44. The second-order valence-electron chi connectivity index (χ2n) is 6.03. The molecule has 2 heteroatoms. The van der Waals surface area contributed by atoms with Crippen LogP contribution < -0.4 is 5.32 Å². The Bertz CT molecular complexity index is 403. The first-order chi connectivity index (χ1) is 8.78. The van der Waals surface area contributed by atoms with E-state index in [9.17, 15) is 0 Å². The Morgan fingerprint density at radius 3 is 2.61 bits per heavy atom. The van der Waals surface area contributed by atoms with Crippen molar-refractivity contribution in [2.24, 2.45) is 0 Å². The number of nitrogens with one attached hydrogen (secondary N) is 1. The molecule has 0 unspecified atom stereocenters. The molecule has 1 aromatic rings. The molecule has 1 N–H and O–H groups in total. The van der Waals surface area contributed by atoms with Crippen LogP contribution in [-0.4, -0.2) is 37.6 Å². The molecule has 0 amide bonds. The molecule has 0 atom stereocenters. The summed E-state index contributed by atoms with van der Waals surface area (Å²) in [6.45, 7) is 8.22. The number of nitrogens with zero attached hydrogens (tertiary/aromatic N) is 1. The van der Waals surface area contributed by atoms with Crippen LogP contribution >= 0.6 is 0 Å². The van der Waals surface area contributed by atoms with Crippen LogP contribution in [0.15, 0.2) is 24.3 Å². The molecule has 0 aromatic heterocycles. The normalized spacial score (nSPS) is 23.6. The SMILES string of the molecule is Cc1cccc(C2(CN3CCNCC3)CCC2)c1. The molecule has 1 saturated heterocycles. The summed E-state index contributed by atoms with van der Waals surface area (Å²) in [5, 5.41) is 3.44. The maximum Gasteiger partial charge on any atom is 0.0108 e. The average Bonchev–Trinajstić information content (AvgIpc) is 2.35. The van der Waals surface area contributed by atoms with Gasteiger partial charge in [0.05, 0.1) is 0 Å². The lowest BCUT2D eigenvalue weighted by molar-refractivity contribution is 0.128. The van der Waals surface area contributed by atoms with E-state index in [2.05, 4.69) is 41.4 Å². The van der Waals surface area contributed by atoms with Crippen LogP contribution in [-0.2, 0) is 5.41 Å². The molecule has 0 bridgehead atoms. The van der Waals surface area contributed by atoms with Gasteiger partial charge in [-0.1, -0.05) is 36.2 Å². The molecule has 2 nitrogen and oxygen atoms in total. The van der Waals surface area contributed by atoms with E-state index in [1.165, 1.54) is 44.5 Å². The van der Waals surface area contributed by atoms with E-state index in [0.717, 1.165) is 13.1 Å². The van der Waals surface area contributed by atoms with Gasteiger partial charge in [0.25, 0.3) is 0 Å². The summed E-state index contributed by atoms with van der Waals surface area (Å²) >= 11 is 0. The lowest BCUT2D eigenvalue weighted by atomic mass is 9.64. The van der Waals surface area contributed by atoms with E-state index < -0.39 is 0 Å². The predicted molar refractivity (Wildman–Crippen MR) is 76.0 cm³/mol. The monoisotopic (exact) mass is 244 g/mol. The molecule has 1 aliphatic heterocycles. The quantitative estimate of drug-likeness (QED) is 0.878. The minimum absolute atomic E-state index is 0.462. The van der Waals surface area contributed by atoms with Gasteiger partial charge in [0, 0.05) is 38.1 Å². The van der Waals surface area contributed by atoms with E-state index in [0.29, 0.717) is 5.41 Å². The zero-order valence-electron chi connectivity index (χ0n) is 11.4. The van der Waals surface area contributed by atoms with Crippen molar-refractivity contribution in [1.29, 1.82) is 0 Å². The lowest BCUT2D eigenvalue weighted by Gasteiger charge is -2.46. The topological polar surface area (TPSA) is 15.3 Å². The van der Waals surface area contributed by atoms with Crippen LogP contribution in [0, 0.1) is 6.92 Å². The minimum atomic E-state index is 0.462. The van der Waals surface area contributed by atoms with E-state index in [1.807, 2.05) is 0 Å². The summed E-state index contributed by atoms with van der Waals surface area (Å²) in [4.78, 5) is 2.65. The number of hydrogen-bond donors (Lipinski definition) is 1. The van der Waals surface area contributed by atoms with Crippen molar-refractivity contribution in [3.8, 4) is 0 Å². The van der Waals surface area contributed by atoms with Crippen molar-refractivity contribution in [1.82, 2.24) is 10.2 Å². The molecule has 1 aliphatic carbocycles. The fourth-order valence-corrected chi connectivity index (χ4v) is 3.41. The third-order valence-electron chi connectivity index (χ3n) is 4.68. The fourth-order valence-electron chi connectivity index (χ4n) is 3.41. The van der Waals surface area contributed by atoms with Crippen LogP contribution in [0.3, 0.4) is 0 Å². The van der Waals surface area contributed by atoms with Crippen LogP contribution in [0.2, 0.25) is 0 Å². The molecule has 0 radical (unpaired) electrons. The number of hydrogen-bond acceptors (Lipinski definition) is 2. The minimum Gasteiger partial charge on any atom is -0.314 e. The highest BCUT2D eigenvalue weighted by atomic mass is 15.2. The van der Waals surface area contributed by atoms with Crippen LogP contribution in [0.5, 0.6) is 0 Å². The van der Waals surface area contributed by atoms with Gasteiger partial charge in [-0.3, -0.25) is 4.90 Å². The zero-order chi connectivity index (χ0) is 12.4. The Hall–Kier alpha value is -0.860. The van der Waals surface area contributed by atoms with Crippen LogP contribution in [0.1, 0.15) is 30.4 Å². The van der Waals surface area contributed by atoms with E-state index >= 15 is 0 Å². The summed E-state index contributed by atoms with van der Waals surface area (Å²) in [5.74, 6) is 0. The average molecular weight is 244 g/mol. The van der Waals surface area contributed by atoms with Crippen molar-refractivity contribution >= 4 is 0 Å². The van der Waals surface area contributed by atoms with Crippen molar-refractivity contribution < 1.29 is 0 Å².